The molecule has 2 rings (SSSR count). The van der Waals surface area contributed by atoms with Crippen LogP contribution < -0.4 is 4.90 Å². The summed E-state index contributed by atoms with van der Waals surface area (Å²) in [7, 11) is 0. The van der Waals surface area contributed by atoms with E-state index in [9.17, 15) is 0 Å². The quantitative estimate of drug-likeness (QED) is 0.753. The molecule has 0 spiro atoms. The number of hydrogen-bond acceptors (Lipinski definition) is 2. The second-order valence-electron chi connectivity index (χ2n) is 6.36. The highest BCUT2D eigenvalue weighted by molar-refractivity contribution is 6.31. The van der Waals surface area contributed by atoms with E-state index in [2.05, 4.69) is 30.7 Å². The number of piperidine rings is 1. The lowest BCUT2D eigenvalue weighted by Crippen LogP contribution is -2.38. The van der Waals surface area contributed by atoms with Crippen LogP contribution in [-0.4, -0.2) is 18.1 Å². The van der Waals surface area contributed by atoms with E-state index in [0.717, 1.165) is 35.5 Å². The van der Waals surface area contributed by atoms with Crippen LogP contribution in [-0.2, 0) is 0 Å². The SMILES string of the molecule is Cc1nc(N2CCC(C(C)(C)C)CC2)ccc1Cl. The van der Waals surface area contributed by atoms with Gasteiger partial charge >= 0.3 is 0 Å². The van der Waals surface area contributed by atoms with E-state index >= 15 is 0 Å². The van der Waals surface area contributed by atoms with Crippen LogP contribution in [0.2, 0.25) is 5.02 Å². The number of aryl methyl sites for hydroxylation is 1. The van der Waals surface area contributed by atoms with Crippen molar-refractivity contribution in [1.82, 2.24) is 4.98 Å². The fraction of sp³-hybridized carbons (Fsp3) is 0.667. The normalized spacial score (nSPS) is 18.2. The molecule has 1 aliphatic heterocycles. The number of anilines is 1. The zero-order valence-corrected chi connectivity index (χ0v) is 12.6. The van der Waals surface area contributed by atoms with E-state index < -0.39 is 0 Å². The summed E-state index contributed by atoms with van der Waals surface area (Å²) in [5, 5.41) is 0.753. The van der Waals surface area contributed by atoms with Crippen molar-refractivity contribution in [1.29, 1.82) is 0 Å². The van der Waals surface area contributed by atoms with Crippen molar-refractivity contribution in [2.24, 2.45) is 11.3 Å². The van der Waals surface area contributed by atoms with E-state index in [-0.39, 0.29) is 0 Å². The van der Waals surface area contributed by atoms with Gasteiger partial charge in [0, 0.05) is 13.1 Å². The van der Waals surface area contributed by atoms with Gasteiger partial charge in [-0.25, -0.2) is 4.98 Å². The molecule has 0 aliphatic carbocycles. The Morgan fingerprint density at radius 3 is 2.33 bits per heavy atom. The Morgan fingerprint density at radius 1 is 1.22 bits per heavy atom. The Labute approximate surface area is 115 Å². The molecule has 0 saturated carbocycles. The van der Waals surface area contributed by atoms with Crippen molar-refractivity contribution in [2.75, 3.05) is 18.0 Å². The second-order valence-corrected chi connectivity index (χ2v) is 6.77. The van der Waals surface area contributed by atoms with E-state index in [4.69, 9.17) is 11.6 Å². The third kappa shape index (κ3) is 2.97. The molecular weight excluding hydrogens is 244 g/mol. The highest BCUT2D eigenvalue weighted by atomic mass is 35.5. The van der Waals surface area contributed by atoms with Crippen molar-refractivity contribution < 1.29 is 0 Å². The molecule has 0 amide bonds. The first-order chi connectivity index (χ1) is 8.38. The molecule has 1 aliphatic rings. The number of aromatic nitrogens is 1. The molecule has 1 fully saturated rings. The van der Waals surface area contributed by atoms with Crippen LogP contribution in [0.25, 0.3) is 0 Å². The number of pyridine rings is 1. The second kappa shape index (κ2) is 5.08. The summed E-state index contributed by atoms with van der Waals surface area (Å²) in [5.74, 6) is 1.89. The fourth-order valence-corrected chi connectivity index (χ4v) is 2.79. The Bertz CT molecular complexity index is 415. The molecule has 0 radical (unpaired) electrons. The Kier molecular flexibility index (Phi) is 3.86. The first-order valence-corrected chi connectivity index (χ1v) is 7.14. The zero-order chi connectivity index (χ0) is 13.3. The molecule has 0 N–H and O–H groups in total. The molecule has 2 nitrogen and oxygen atoms in total. The highest BCUT2D eigenvalue weighted by Gasteiger charge is 2.29. The van der Waals surface area contributed by atoms with E-state index in [0.29, 0.717) is 5.41 Å². The van der Waals surface area contributed by atoms with Gasteiger partial charge in [-0.15, -0.1) is 0 Å². The predicted octanol–water partition coefficient (Wildman–Crippen LogP) is 4.31. The van der Waals surface area contributed by atoms with Crippen LogP contribution in [0, 0.1) is 18.3 Å². The van der Waals surface area contributed by atoms with Crippen molar-refractivity contribution in [3.8, 4) is 0 Å². The molecule has 0 unspecified atom stereocenters. The summed E-state index contributed by atoms with van der Waals surface area (Å²) < 4.78 is 0. The monoisotopic (exact) mass is 266 g/mol. The molecule has 3 heteroatoms. The summed E-state index contributed by atoms with van der Waals surface area (Å²) >= 11 is 6.02. The lowest BCUT2D eigenvalue weighted by atomic mass is 9.75. The van der Waals surface area contributed by atoms with Gasteiger partial charge in [0.15, 0.2) is 0 Å². The molecule has 0 bridgehead atoms. The minimum atomic E-state index is 0.426. The summed E-state index contributed by atoms with van der Waals surface area (Å²) in [6, 6.07) is 3.99. The molecular formula is C15H23ClN2. The van der Waals surface area contributed by atoms with Crippen LogP contribution >= 0.6 is 11.6 Å². The number of rotatable bonds is 1. The lowest BCUT2D eigenvalue weighted by molar-refractivity contribution is 0.198. The Hall–Kier alpha value is -0.760. The smallest absolute Gasteiger partial charge is 0.128 e. The zero-order valence-electron chi connectivity index (χ0n) is 11.8. The van der Waals surface area contributed by atoms with Gasteiger partial charge in [0.2, 0.25) is 0 Å². The minimum Gasteiger partial charge on any atom is -0.357 e. The van der Waals surface area contributed by atoms with E-state index in [1.807, 2.05) is 19.1 Å². The molecule has 2 heterocycles. The number of hydrogen-bond donors (Lipinski definition) is 0. The topological polar surface area (TPSA) is 16.1 Å². The molecule has 1 aromatic heterocycles. The lowest BCUT2D eigenvalue weighted by Gasteiger charge is -2.39. The van der Waals surface area contributed by atoms with Gasteiger partial charge in [-0.3, -0.25) is 0 Å². The van der Waals surface area contributed by atoms with Gasteiger partial charge in [-0.1, -0.05) is 32.4 Å². The summed E-state index contributed by atoms with van der Waals surface area (Å²) in [4.78, 5) is 6.96. The third-order valence-corrected chi connectivity index (χ3v) is 4.45. The van der Waals surface area contributed by atoms with Crippen LogP contribution in [0.5, 0.6) is 0 Å². The van der Waals surface area contributed by atoms with Crippen molar-refractivity contribution in [3.63, 3.8) is 0 Å². The van der Waals surface area contributed by atoms with Gasteiger partial charge in [0.1, 0.15) is 5.82 Å². The van der Waals surface area contributed by atoms with Crippen LogP contribution in [0.15, 0.2) is 12.1 Å². The van der Waals surface area contributed by atoms with Gasteiger partial charge in [0.25, 0.3) is 0 Å². The average Bonchev–Trinajstić information content (AvgIpc) is 2.32. The first-order valence-electron chi connectivity index (χ1n) is 6.76. The third-order valence-electron chi connectivity index (χ3n) is 4.05. The van der Waals surface area contributed by atoms with E-state index in [1.165, 1.54) is 12.8 Å². The maximum Gasteiger partial charge on any atom is 0.128 e. The van der Waals surface area contributed by atoms with Gasteiger partial charge in [-0.2, -0.15) is 0 Å². The van der Waals surface area contributed by atoms with Crippen molar-refractivity contribution in [2.45, 2.75) is 40.5 Å². The molecule has 100 valence electrons. The summed E-state index contributed by atoms with van der Waals surface area (Å²) in [6.07, 6.45) is 2.51. The van der Waals surface area contributed by atoms with Crippen LogP contribution in [0.3, 0.4) is 0 Å². The van der Waals surface area contributed by atoms with Crippen LogP contribution in [0.1, 0.15) is 39.3 Å². The minimum absolute atomic E-state index is 0.426. The number of nitrogens with zero attached hydrogens (tertiary/aromatic N) is 2. The van der Waals surface area contributed by atoms with Crippen LogP contribution in [0.4, 0.5) is 5.82 Å². The maximum absolute atomic E-state index is 6.02. The summed E-state index contributed by atoms with van der Waals surface area (Å²) in [6.45, 7) is 11.2. The highest BCUT2D eigenvalue weighted by Crippen LogP contribution is 2.35. The van der Waals surface area contributed by atoms with E-state index in [1.54, 1.807) is 0 Å². The Balaban J connectivity index is 2.03. The predicted molar refractivity (Wildman–Crippen MR) is 78.4 cm³/mol. The molecule has 1 aromatic rings. The molecule has 0 atom stereocenters. The molecule has 18 heavy (non-hydrogen) atoms. The molecule has 1 saturated heterocycles. The van der Waals surface area contributed by atoms with Gasteiger partial charge < -0.3 is 4.90 Å². The number of halogens is 1. The van der Waals surface area contributed by atoms with Crippen molar-refractivity contribution in [3.05, 3.63) is 22.8 Å². The average molecular weight is 267 g/mol. The largest absolute Gasteiger partial charge is 0.357 e. The van der Waals surface area contributed by atoms with Gasteiger partial charge in [0.05, 0.1) is 10.7 Å². The fourth-order valence-electron chi connectivity index (χ4n) is 2.68. The molecule has 0 aromatic carbocycles. The Morgan fingerprint density at radius 2 is 1.83 bits per heavy atom. The summed E-state index contributed by atoms with van der Waals surface area (Å²) in [5.41, 5.74) is 1.35. The standard InChI is InChI=1S/C15H23ClN2/c1-11-13(16)5-6-14(17-11)18-9-7-12(8-10-18)15(2,3)4/h5-6,12H,7-10H2,1-4H3. The first kappa shape index (κ1) is 13.7. The maximum atomic E-state index is 6.02. The van der Waals surface area contributed by atoms with Crippen molar-refractivity contribution >= 4 is 17.4 Å². The van der Waals surface area contributed by atoms with Gasteiger partial charge in [-0.05, 0) is 43.2 Å².